The van der Waals surface area contributed by atoms with Crippen molar-refractivity contribution in [2.24, 2.45) is 0 Å². The summed E-state index contributed by atoms with van der Waals surface area (Å²) in [4.78, 5) is 0. The summed E-state index contributed by atoms with van der Waals surface area (Å²) in [7, 11) is 0. The largest absolute Gasteiger partial charge is 0.455 e. The third kappa shape index (κ3) is 3.97. The Labute approximate surface area is 311 Å². The summed E-state index contributed by atoms with van der Waals surface area (Å²) in [6, 6.07) is -25.9. The highest BCUT2D eigenvalue weighted by molar-refractivity contribution is 6.22. The first kappa shape index (κ1) is 10.7. The zero-order chi connectivity index (χ0) is 55.3. The summed E-state index contributed by atoms with van der Waals surface area (Å²) in [5.74, 6) is 0. The van der Waals surface area contributed by atoms with Crippen molar-refractivity contribution in [3.63, 3.8) is 0 Å². The fourth-order valence-electron chi connectivity index (χ4n) is 5.79. The van der Waals surface area contributed by atoms with Crippen LogP contribution in [-0.2, 0) is 0 Å². The number of furan rings is 1. The lowest BCUT2D eigenvalue weighted by Gasteiger charge is -2.18. The second kappa shape index (κ2) is 10.2. The lowest BCUT2D eigenvalue weighted by atomic mass is 9.85. The van der Waals surface area contributed by atoms with E-state index in [2.05, 4.69) is 0 Å². The predicted octanol–water partition coefficient (Wildman–Crippen LogP) is 13.2. The minimum absolute atomic E-state index is 0.433. The first-order chi connectivity index (χ1) is 35.0. The number of fused-ring (bicyclic) bond motifs is 8. The van der Waals surface area contributed by atoms with Gasteiger partial charge in [-0.1, -0.05) is 145 Å². The third-order valence-electron chi connectivity index (χ3n) is 7.75. The molecule has 0 saturated heterocycles. The zero-order valence-corrected chi connectivity index (χ0v) is 23.4. The molecule has 1 aromatic heterocycles. The summed E-state index contributed by atoms with van der Waals surface area (Å²) in [5.41, 5.74) is -5.62. The lowest BCUT2D eigenvalue weighted by molar-refractivity contribution is 0.672. The maximum absolute atomic E-state index is 9.95. The average molecular weight is 625 g/mol. The number of hydrogen-bond acceptors (Lipinski definition) is 1. The molecule has 10 aromatic rings. The molecule has 0 N–H and O–H groups in total. The molecule has 0 fully saturated rings. The summed E-state index contributed by atoms with van der Waals surface area (Å²) in [5, 5.41) is -6.47. The third-order valence-corrected chi connectivity index (χ3v) is 7.75. The standard InChI is InChI=1S/C46H28O/c1-2-12-30(13-3-1)44-36-16-5-7-18-38(36)45(39-19-8-6-17-37(39)44)32-25-23-29-22-24-31(26-33(29)27-32)41-28-42-35-15-10-11-21-43(35)47-46(42)40-20-9-4-14-34(40)41/h1-28H/i1D,2D,3D,4D,5D,6D,7D,8D,9D,10D,11D,12D,13D,14D,15D,16D,17D,18D,19D,20D,21D,22D,23D,24D,25D,26D,27D,28D. The molecule has 218 valence electrons. The quantitative estimate of drug-likeness (QED) is 0.178. The van der Waals surface area contributed by atoms with Gasteiger partial charge in [-0.2, -0.15) is 0 Å². The smallest absolute Gasteiger partial charge is 0.143 e. The van der Waals surface area contributed by atoms with Gasteiger partial charge < -0.3 is 4.42 Å². The normalized spacial score (nSPS) is 20.2. The van der Waals surface area contributed by atoms with Crippen molar-refractivity contribution in [3.05, 3.63) is 169 Å². The van der Waals surface area contributed by atoms with Crippen LogP contribution < -0.4 is 0 Å². The van der Waals surface area contributed by atoms with Gasteiger partial charge in [0, 0.05) is 16.2 Å². The molecule has 0 aliphatic carbocycles. The Hall–Kier alpha value is -6.18. The van der Waals surface area contributed by atoms with Gasteiger partial charge in [-0.15, -0.1) is 0 Å². The highest BCUT2D eigenvalue weighted by atomic mass is 16.3. The van der Waals surface area contributed by atoms with Crippen LogP contribution in [0, 0.1) is 0 Å². The maximum Gasteiger partial charge on any atom is 0.143 e. The van der Waals surface area contributed by atoms with Crippen LogP contribution in [0.5, 0.6) is 0 Å². The van der Waals surface area contributed by atoms with Crippen LogP contribution >= 0.6 is 0 Å². The molecular weight excluding hydrogens is 569 g/mol. The molecule has 0 atom stereocenters. The Morgan fingerprint density at radius 3 is 1.53 bits per heavy atom. The van der Waals surface area contributed by atoms with E-state index < -0.39 is 268 Å². The molecule has 0 saturated carbocycles. The molecule has 1 heteroatoms. The molecule has 1 heterocycles. The highest BCUT2D eigenvalue weighted by Crippen LogP contribution is 2.45. The average Bonchev–Trinajstić information content (AvgIpc) is 3.79. The fraction of sp³-hybridized carbons (Fsp3) is 0. The van der Waals surface area contributed by atoms with Crippen LogP contribution in [-0.4, -0.2) is 0 Å². The maximum atomic E-state index is 9.95. The molecule has 9 aromatic carbocycles. The van der Waals surface area contributed by atoms with Crippen LogP contribution in [0.3, 0.4) is 0 Å². The molecular formula is C46H28O. The predicted molar refractivity (Wildman–Crippen MR) is 200 cm³/mol. The second-order valence-electron chi connectivity index (χ2n) is 10.3. The Morgan fingerprint density at radius 1 is 0.340 bits per heavy atom. The van der Waals surface area contributed by atoms with E-state index in [1.807, 2.05) is 0 Å². The molecule has 0 amide bonds. The van der Waals surface area contributed by atoms with Crippen molar-refractivity contribution in [3.8, 4) is 33.4 Å². The van der Waals surface area contributed by atoms with E-state index in [0.29, 0.717) is 0 Å². The van der Waals surface area contributed by atoms with Crippen molar-refractivity contribution < 1.29 is 42.8 Å². The van der Waals surface area contributed by atoms with Gasteiger partial charge in [0.05, 0.1) is 38.4 Å². The van der Waals surface area contributed by atoms with Crippen LogP contribution in [0.15, 0.2) is 174 Å². The Bertz CT molecular complexity index is 4330. The molecule has 0 spiro atoms. The minimum atomic E-state index is -1.05. The van der Waals surface area contributed by atoms with Crippen molar-refractivity contribution in [2.45, 2.75) is 0 Å². The van der Waals surface area contributed by atoms with Gasteiger partial charge in [0.15, 0.2) is 0 Å². The van der Waals surface area contributed by atoms with Gasteiger partial charge in [-0.25, -0.2) is 0 Å². The van der Waals surface area contributed by atoms with E-state index >= 15 is 0 Å². The van der Waals surface area contributed by atoms with Crippen molar-refractivity contribution >= 4 is 65.0 Å². The van der Waals surface area contributed by atoms with Gasteiger partial charge in [-0.3, -0.25) is 0 Å². The molecule has 1 nitrogen and oxygen atoms in total. The second-order valence-corrected chi connectivity index (χ2v) is 10.3. The highest BCUT2D eigenvalue weighted by Gasteiger charge is 2.18. The number of rotatable bonds is 3. The summed E-state index contributed by atoms with van der Waals surface area (Å²) < 4.78 is 258. The monoisotopic (exact) mass is 624 g/mol. The van der Waals surface area contributed by atoms with Gasteiger partial charge in [0.2, 0.25) is 0 Å². The van der Waals surface area contributed by atoms with Gasteiger partial charge in [0.25, 0.3) is 0 Å². The van der Waals surface area contributed by atoms with Crippen molar-refractivity contribution in [2.75, 3.05) is 0 Å². The molecule has 0 unspecified atom stereocenters. The number of hydrogen-bond donors (Lipinski definition) is 0. The molecule has 0 bridgehead atoms. The molecule has 0 aliphatic rings. The molecule has 10 rings (SSSR count). The van der Waals surface area contributed by atoms with Gasteiger partial charge in [0.1, 0.15) is 11.2 Å². The van der Waals surface area contributed by atoms with E-state index in [-0.39, 0.29) is 0 Å². The van der Waals surface area contributed by atoms with Gasteiger partial charge >= 0.3 is 0 Å². The first-order valence-electron chi connectivity index (χ1n) is 27.9. The van der Waals surface area contributed by atoms with E-state index in [1.165, 1.54) is 0 Å². The van der Waals surface area contributed by atoms with E-state index in [1.54, 1.807) is 0 Å². The Kier molecular flexibility index (Phi) is 2.31. The van der Waals surface area contributed by atoms with E-state index in [9.17, 15) is 15.1 Å². The van der Waals surface area contributed by atoms with Crippen LogP contribution in [0.25, 0.3) is 98.4 Å². The van der Waals surface area contributed by atoms with Crippen LogP contribution in [0.2, 0.25) is 0 Å². The van der Waals surface area contributed by atoms with E-state index in [0.717, 1.165) is 0 Å². The fourth-order valence-corrected chi connectivity index (χ4v) is 5.79. The molecule has 0 aliphatic heterocycles. The Morgan fingerprint density at radius 2 is 0.851 bits per heavy atom. The Balaban J connectivity index is 1.49. The topological polar surface area (TPSA) is 13.1 Å². The number of benzene rings is 9. The van der Waals surface area contributed by atoms with Gasteiger partial charge in [-0.05, 0) is 95.3 Å². The summed E-state index contributed by atoms with van der Waals surface area (Å²) >= 11 is 0. The SMILES string of the molecule is [2H]c1c([2H])c([2H])c(-c2c3c([2H])c([2H])c([2H])c([2H])c3c(-c3c([2H])c([2H])c4c([2H])c([2H])c(-c5c([2H])c6c(oc7c([2H])c([2H])c([2H])c([2H])c76)c6c([2H])c([2H])c([2H])c([2H])c56)c([2H])c4c3[2H])c3c([2H])c([2H])c([2H])c([2H])c23)c([2H])c1[2H]. The summed E-state index contributed by atoms with van der Waals surface area (Å²) in [6.45, 7) is 0. The van der Waals surface area contributed by atoms with Crippen molar-refractivity contribution in [1.29, 1.82) is 0 Å². The number of para-hydroxylation sites is 1. The minimum Gasteiger partial charge on any atom is -0.455 e. The molecule has 0 radical (unpaired) electrons. The van der Waals surface area contributed by atoms with Crippen LogP contribution in [0.1, 0.15) is 38.4 Å². The summed E-state index contributed by atoms with van der Waals surface area (Å²) in [6.07, 6.45) is 0. The first-order valence-corrected chi connectivity index (χ1v) is 13.9. The molecule has 47 heavy (non-hydrogen) atoms. The van der Waals surface area contributed by atoms with Crippen LogP contribution in [0.4, 0.5) is 0 Å². The lowest BCUT2D eigenvalue weighted by Crippen LogP contribution is -1.91. The van der Waals surface area contributed by atoms with E-state index in [4.69, 9.17) is 27.7 Å². The van der Waals surface area contributed by atoms with Crippen molar-refractivity contribution in [1.82, 2.24) is 0 Å². The zero-order valence-electron chi connectivity index (χ0n) is 51.4.